The molecule has 2 nitrogen and oxygen atoms in total. The van der Waals surface area contributed by atoms with Crippen LogP contribution >= 0.6 is 0 Å². The van der Waals surface area contributed by atoms with Crippen molar-refractivity contribution in [1.29, 1.82) is 0 Å². The lowest BCUT2D eigenvalue weighted by Gasteiger charge is -2.29. The molecule has 2 aliphatic heterocycles. The van der Waals surface area contributed by atoms with Crippen molar-refractivity contribution < 1.29 is 0 Å². The third-order valence-electron chi connectivity index (χ3n) is 4.05. The summed E-state index contributed by atoms with van der Waals surface area (Å²) < 4.78 is 0. The monoisotopic (exact) mass is 300 g/mol. The largest absolute Gasteiger partial charge is 0.306 e. The van der Waals surface area contributed by atoms with Crippen molar-refractivity contribution in [1.82, 2.24) is 9.80 Å². The highest BCUT2D eigenvalue weighted by Gasteiger charge is 2.13. The molecular weight excluding hydrogens is 256 g/mol. The van der Waals surface area contributed by atoms with E-state index in [2.05, 4.69) is 37.6 Å². The minimum atomic E-state index is 0.939. The third-order valence-corrected chi connectivity index (χ3v) is 4.05. The second-order valence-corrected chi connectivity index (χ2v) is 6.15. The second-order valence-electron chi connectivity index (χ2n) is 6.15. The molecule has 21 heavy (non-hydrogen) atoms. The van der Waals surface area contributed by atoms with Gasteiger partial charge in [-0.1, -0.05) is 48.5 Å². The third kappa shape index (κ3) is 13.3. The first-order chi connectivity index (χ1) is 10.1. The van der Waals surface area contributed by atoms with Crippen LogP contribution in [-0.4, -0.2) is 49.6 Å². The van der Waals surface area contributed by atoms with E-state index in [9.17, 15) is 0 Å². The Balaban J connectivity index is 0. The Kier molecular flexibility index (Phi) is 18.0. The molecule has 2 atom stereocenters. The lowest BCUT2D eigenvalue weighted by Crippen LogP contribution is -2.33. The fourth-order valence-corrected chi connectivity index (χ4v) is 3.00. The second kappa shape index (κ2) is 16.3. The van der Waals surface area contributed by atoms with Gasteiger partial charge in [-0.15, -0.1) is 0 Å². The summed E-state index contributed by atoms with van der Waals surface area (Å²) in [7, 11) is 2.20. The maximum atomic E-state index is 2.54. The van der Waals surface area contributed by atoms with Gasteiger partial charge in [0.25, 0.3) is 0 Å². The molecule has 0 aromatic carbocycles. The molecule has 0 amide bonds. The van der Waals surface area contributed by atoms with Crippen LogP contribution in [0.25, 0.3) is 0 Å². The van der Waals surface area contributed by atoms with Crippen molar-refractivity contribution >= 4 is 0 Å². The quantitative estimate of drug-likeness (QED) is 0.661. The molecule has 0 bridgehead atoms. The maximum absolute atomic E-state index is 2.54. The Hall–Kier alpha value is -0.0800. The molecule has 0 aromatic rings. The van der Waals surface area contributed by atoms with Gasteiger partial charge in [0.05, 0.1) is 0 Å². The molecule has 2 saturated heterocycles. The Morgan fingerprint density at radius 3 is 1.57 bits per heavy atom. The van der Waals surface area contributed by atoms with Crippen LogP contribution in [0.1, 0.15) is 74.1 Å². The van der Waals surface area contributed by atoms with Gasteiger partial charge in [-0.05, 0) is 64.2 Å². The molecular formula is C19H44N2. The van der Waals surface area contributed by atoms with Crippen LogP contribution in [-0.2, 0) is 0 Å². The Morgan fingerprint density at radius 2 is 1.29 bits per heavy atom. The summed E-state index contributed by atoms with van der Waals surface area (Å²) in [6.45, 7) is 21.4. The van der Waals surface area contributed by atoms with E-state index in [0.717, 1.165) is 11.8 Å². The van der Waals surface area contributed by atoms with E-state index >= 15 is 0 Å². The summed E-state index contributed by atoms with van der Waals surface area (Å²) in [5, 5.41) is 0. The van der Waals surface area contributed by atoms with Crippen molar-refractivity contribution in [3.8, 4) is 0 Å². The molecule has 2 fully saturated rings. The standard InChI is InChI=1S/C8H17N.C7H15N.2C2H6/c1-3-9-6-4-5-8(2)7-9;1-7-4-3-5-8(2)6-7;2*1-2/h8H,3-7H2,1-2H3;7H,3-6H2,1-2H3;2*1-2H3. The molecule has 2 heterocycles. The number of hydrogen-bond donors (Lipinski definition) is 0. The molecule has 2 rings (SSSR count). The summed E-state index contributed by atoms with van der Waals surface area (Å²) in [5.41, 5.74) is 0. The van der Waals surface area contributed by atoms with E-state index in [1.807, 2.05) is 27.7 Å². The highest BCUT2D eigenvalue weighted by Crippen LogP contribution is 2.14. The number of rotatable bonds is 1. The molecule has 2 unspecified atom stereocenters. The molecule has 2 aliphatic rings. The first kappa shape index (κ1) is 23.2. The van der Waals surface area contributed by atoms with E-state index < -0.39 is 0 Å². The zero-order chi connectivity index (χ0) is 16.7. The number of hydrogen-bond acceptors (Lipinski definition) is 2. The number of likely N-dealkylation sites (tertiary alicyclic amines) is 2. The first-order valence-corrected chi connectivity index (χ1v) is 9.52. The Bertz CT molecular complexity index is 186. The molecule has 0 saturated carbocycles. The van der Waals surface area contributed by atoms with Gasteiger partial charge in [0.15, 0.2) is 0 Å². The minimum Gasteiger partial charge on any atom is -0.306 e. The van der Waals surface area contributed by atoms with E-state index in [0.29, 0.717) is 0 Å². The van der Waals surface area contributed by atoms with Gasteiger partial charge in [0.2, 0.25) is 0 Å². The van der Waals surface area contributed by atoms with E-state index in [-0.39, 0.29) is 0 Å². The Morgan fingerprint density at radius 1 is 0.810 bits per heavy atom. The molecule has 0 N–H and O–H groups in total. The summed E-state index contributed by atoms with van der Waals surface area (Å²) >= 11 is 0. The van der Waals surface area contributed by atoms with Crippen molar-refractivity contribution in [2.24, 2.45) is 11.8 Å². The summed E-state index contributed by atoms with van der Waals surface area (Å²) in [5.74, 6) is 1.88. The summed E-state index contributed by atoms with van der Waals surface area (Å²) in [6, 6.07) is 0. The molecule has 130 valence electrons. The molecule has 0 radical (unpaired) electrons. The number of nitrogens with zero attached hydrogens (tertiary/aromatic N) is 2. The average molecular weight is 301 g/mol. The fourth-order valence-electron chi connectivity index (χ4n) is 3.00. The summed E-state index contributed by atoms with van der Waals surface area (Å²) in [6.07, 6.45) is 5.69. The fraction of sp³-hybridized carbons (Fsp3) is 1.00. The predicted molar refractivity (Wildman–Crippen MR) is 99.1 cm³/mol. The van der Waals surface area contributed by atoms with Gasteiger partial charge in [-0.25, -0.2) is 0 Å². The maximum Gasteiger partial charge on any atom is 0.000691 e. The van der Waals surface area contributed by atoms with E-state index in [1.165, 1.54) is 58.4 Å². The highest BCUT2D eigenvalue weighted by molar-refractivity contribution is 4.68. The lowest BCUT2D eigenvalue weighted by atomic mass is 10.0. The zero-order valence-electron chi connectivity index (χ0n) is 16.4. The first-order valence-electron chi connectivity index (χ1n) is 9.52. The van der Waals surface area contributed by atoms with Gasteiger partial charge >= 0.3 is 0 Å². The molecule has 0 aliphatic carbocycles. The normalized spacial score (nSPS) is 26.3. The Labute approximate surface area is 136 Å². The van der Waals surface area contributed by atoms with Crippen LogP contribution in [0, 0.1) is 11.8 Å². The topological polar surface area (TPSA) is 6.48 Å². The minimum absolute atomic E-state index is 0.939. The van der Waals surface area contributed by atoms with Gasteiger partial charge in [0.1, 0.15) is 0 Å². The van der Waals surface area contributed by atoms with Crippen molar-refractivity contribution in [3.05, 3.63) is 0 Å². The molecule has 2 heteroatoms. The highest BCUT2D eigenvalue weighted by atomic mass is 15.1. The van der Waals surface area contributed by atoms with E-state index in [1.54, 1.807) is 0 Å². The molecule has 0 aromatic heterocycles. The van der Waals surface area contributed by atoms with Crippen LogP contribution in [0.15, 0.2) is 0 Å². The molecule has 0 spiro atoms. The van der Waals surface area contributed by atoms with Gasteiger partial charge in [0, 0.05) is 13.1 Å². The van der Waals surface area contributed by atoms with Gasteiger partial charge in [-0.2, -0.15) is 0 Å². The van der Waals surface area contributed by atoms with E-state index in [4.69, 9.17) is 0 Å². The van der Waals surface area contributed by atoms with Crippen LogP contribution in [0.3, 0.4) is 0 Å². The van der Waals surface area contributed by atoms with Crippen molar-refractivity contribution in [3.63, 3.8) is 0 Å². The van der Waals surface area contributed by atoms with Crippen LogP contribution in [0.4, 0.5) is 0 Å². The van der Waals surface area contributed by atoms with Gasteiger partial charge < -0.3 is 9.80 Å². The van der Waals surface area contributed by atoms with Crippen LogP contribution in [0.2, 0.25) is 0 Å². The predicted octanol–water partition coefficient (Wildman–Crippen LogP) is 5.14. The lowest BCUT2D eigenvalue weighted by molar-refractivity contribution is 0.192. The van der Waals surface area contributed by atoms with Crippen molar-refractivity contribution in [2.75, 3.05) is 39.8 Å². The average Bonchev–Trinajstić information content (AvgIpc) is 2.51. The van der Waals surface area contributed by atoms with Gasteiger partial charge in [-0.3, -0.25) is 0 Å². The zero-order valence-corrected chi connectivity index (χ0v) is 16.4. The van der Waals surface area contributed by atoms with Crippen LogP contribution in [0.5, 0.6) is 0 Å². The number of piperidine rings is 2. The van der Waals surface area contributed by atoms with Crippen LogP contribution < -0.4 is 0 Å². The smallest absolute Gasteiger partial charge is 0.000691 e. The van der Waals surface area contributed by atoms with Crippen molar-refractivity contribution in [2.45, 2.75) is 74.1 Å². The summed E-state index contributed by atoms with van der Waals surface area (Å²) in [4.78, 5) is 4.95. The SMILES string of the molecule is CC.CC.CC1CCCN(C)C1.CCN1CCCC(C)C1.